The van der Waals surface area contributed by atoms with Crippen LogP contribution in [-0.2, 0) is 4.79 Å². The molecule has 1 fully saturated rings. The minimum atomic E-state index is 0.280. The number of rotatable bonds is 2. The van der Waals surface area contributed by atoms with E-state index in [1.54, 1.807) is 0 Å². The zero-order valence-corrected chi connectivity index (χ0v) is 12.0. The van der Waals surface area contributed by atoms with E-state index in [4.69, 9.17) is 23.2 Å². The molecule has 2 aliphatic rings. The molecule has 1 unspecified atom stereocenters. The molecule has 2 nitrogen and oxygen atoms in total. The number of carbonyl (C=O) groups is 1. The van der Waals surface area contributed by atoms with Crippen LogP contribution in [0.1, 0.15) is 26.2 Å². The van der Waals surface area contributed by atoms with Crippen LogP contribution in [0.15, 0.2) is 33.9 Å². The first-order valence-electron chi connectivity index (χ1n) is 6.27. The molecule has 0 amide bonds. The number of allylic oxidation sites excluding steroid dienone is 4. The maximum atomic E-state index is 11.3. The first-order chi connectivity index (χ1) is 8.58. The Labute approximate surface area is 118 Å². The summed E-state index contributed by atoms with van der Waals surface area (Å²) in [5.74, 6) is 0.367. The predicted molar refractivity (Wildman–Crippen MR) is 75.8 cm³/mol. The molecular formula is C14H17Cl2NO. The number of nitrogens with zero attached hydrogens (tertiary/aromatic N) is 1. The van der Waals surface area contributed by atoms with E-state index >= 15 is 0 Å². The minimum absolute atomic E-state index is 0.280. The average Bonchev–Trinajstić information content (AvgIpc) is 2.52. The van der Waals surface area contributed by atoms with E-state index in [1.165, 1.54) is 5.57 Å². The minimum Gasteiger partial charge on any atom is -0.300 e. The summed E-state index contributed by atoms with van der Waals surface area (Å²) < 4.78 is 0. The van der Waals surface area contributed by atoms with Crippen LogP contribution in [0.4, 0.5) is 0 Å². The van der Waals surface area contributed by atoms with Gasteiger partial charge in [-0.1, -0.05) is 35.4 Å². The van der Waals surface area contributed by atoms with Crippen LogP contribution in [0.3, 0.4) is 0 Å². The van der Waals surface area contributed by atoms with Crippen LogP contribution in [0.5, 0.6) is 0 Å². The molecule has 2 rings (SSSR count). The molecule has 0 radical (unpaired) electrons. The van der Waals surface area contributed by atoms with E-state index in [-0.39, 0.29) is 6.04 Å². The van der Waals surface area contributed by atoms with E-state index in [1.807, 2.05) is 12.2 Å². The van der Waals surface area contributed by atoms with Crippen LogP contribution in [0.25, 0.3) is 0 Å². The Kier molecular flexibility index (Phi) is 4.66. The lowest BCUT2D eigenvalue weighted by Crippen LogP contribution is -2.40. The molecule has 0 bridgehead atoms. The second-order valence-electron chi connectivity index (χ2n) is 4.73. The average molecular weight is 286 g/mol. The lowest BCUT2D eigenvalue weighted by atomic mass is 10.0. The molecule has 18 heavy (non-hydrogen) atoms. The molecule has 0 aromatic rings. The van der Waals surface area contributed by atoms with Crippen LogP contribution < -0.4 is 0 Å². The van der Waals surface area contributed by atoms with Crippen molar-refractivity contribution in [2.24, 2.45) is 0 Å². The number of ketones is 1. The first-order valence-corrected chi connectivity index (χ1v) is 7.02. The molecule has 1 aliphatic carbocycles. The summed E-state index contributed by atoms with van der Waals surface area (Å²) in [6.45, 7) is 3.83. The Balaban J connectivity index is 2.07. The third kappa shape index (κ3) is 3.25. The van der Waals surface area contributed by atoms with Gasteiger partial charge in [-0.15, -0.1) is 0 Å². The Morgan fingerprint density at radius 3 is 2.50 bits per heavy atom. The molecular weight excluding hydrogens is 269 g/mol. The fourth-order valence-corrected chi connectivity index (χ4v) is 2.68. The van der Waals surface area contributed by atoms with Gasteiger partial charge in [-0.3, -0.25) is 9.69 Å². The standard InChI is InChI=1S/C14H17Cl2NO/c1-10(17-7-5-12(18)6-8-17)11-3-2-4-13(15)14(16)9-11/h3-4,9-10H,2,5-8H2,1H3. The van der Waals surface area contributed by atoms with Crippen molar-refractivity contribution in [2.45, 2.75) is 32.2 Å². The van der Waals surface area contributed by atoms with E-state index in [0.717, 1.165) is 19.5 Å². The van der Waals surface area contributed by atoms with Gasteiger partial charge in [0.2, 0.25) is 0 Å². The molecule has 0 aromatic carbocycles. The van der Waals surface area contributed by atoms with Crippen LogP contribution in [0.2, 0.25) is 0 Å². The second-order valence-corrected chi connectivity index (χ2v) is 5.55. The molecule has 0 spiro atoms. The van der Waals surface area contributed by atoms with Crippen LogP contribution >= 0.6 is 23.2 Å². The maximum absolute atomic E-state index is 11.3. The van der Waals surface area contributed by atoms with Crippen molar-refractivity contribution in [3.05, 3.63) is 33.9 Å². The molecule has 1 atom stereocenters. The number of halogens is 2. The third-order valence-corrected chi connectivity index (χ3v) is 4.33. The van der Waals surface area contributed by atoms with Crippen molar-refractivity contribution in [3.63, 3.8) is 0 Å². The highest BCUT2D eigenvalue weighted by atomic mass is 35.5. The molecule has 0 N–H and O–H groups in total. The summed E-state index contributed by atoms with van der Waals surface area (Å²) >= 11 is 12.1. The van der Waals surface area contributed by atoms with Crippen molar-refractivity contribution >= 4 is 29.0 Å². The van der Waals surface area contributed by atoms with Crippen molar-refractivity contribution < 1.29 is 4.79 Å². The summed E-state index contributed by atoms with van der Waals surface area (Å²) in [5, 5.41) is 1.21. The van der Waals surface area contributed by atoms with Gasteiger partial charge in [0.25, 0.3) is 0 Å². The SMILES string of the molecule is CC(C1=CCC=C(Cl)C(Cl)=C1)N1CCC(=O)CC1. The smallest absolute Gasteiger partial charge is 0.135 e. The Morgan fingerprint density at radius 2 is 1.83 bits per heavy atom. The van der Waals surface area contributed by atoms with Gasteiger partial charge in [0, 0.05) is 32.0 Å². The van der Waals surface area contributed by atoms with Crippen LogP contribution in [-0.4, -0.2) is 29.8 Å². The van der Waals surface area contributed by atoms with E-state index < -0.39 is 0 Å². The van der Waals surface area contributed by atoms with Gasteiger partial charge in [-0.2, -0.15) is 0 Å². The van der Waals surface area contributed by atoms with Gasteiger partial charge < -0.3 is 0 Å². The zero-order valence-electron chi connectivity index (χ0n) is 10.5. The van der Waals surface area contributed by atoms with Crippen molar-refractivity contribution in [3.8, 4) is 0 Å². The summed E-state index contributed by atoms with van der Waals surface area (Å²) in [4.78, 5) is 13.6. The highest BCUT2D eigenvalue weighted by Crippen LogP contribution is 2.27. The summed E-state index contributed by atoms with van der Waals surface area (Å²) in [6, 6.07) is 0.280. The zero-order chi connectivity index (χ0) is 13.1. The Hall–Kier alpha value is -0.570. The first kappa shape index (κ1) is 13.9. The molecule has 4 heteroatoms. The lowest BCUT2D eigenvalue weighted by molar-refractivity contribution is -0.121. The normalized spacial score (nSPS) is 23.9. The largest absolute Gasteiger partial charge is 0.300 e. The van der Waals surface area contributed by atoms with E-state index in [9.17, 15) is 4.79 Å². The Bertz CT molecular complexity index is 427. The molecule has 0 saturated carbocycles. The number of likely N-dealkylation sites (tertiary alicyclic amines) is 1. The molecule has 1 saturated heterocycles. The highest BCUT2D eigenvalue weighted by Gasteiger charge is 2.23. The number of carbonyl (C=O) groups excluding carboxylic acids is 1. The number of Topliss-reactive ketones (excluding diaryl/α,β-unsaturated/α-hetero) is 1. The summed E-state index contributed by atoms with van der Waals surface area (Å²) in [5.41, 5.74) is 1.18. The lowest BCUT2D eigenvalue weighted by Gasteiger charge is -2.32. The monoisotopic (exact) mass is 285 g/mol. The van der Waals surface area contributed by atoms with Crippen molar-refractivity contribution in [2.75, 3.05) is 13.1 Å². The van der Waals surface area contributed by atoms with Gasteiger partial charge in [0.1, 0.15) is 5.78 Å². The fourth-order valence-electron chi connectivity index (χ4n) is 2.33. The summed E-state index contributed by atoms with van der Waals surface area (Å²) in [7, 11) is 0. The van der Waals surface area contributed by atoms with E-state index in [0.29, 0.717) is 28.7 Å². The van der Waals surface area contributed by atoms with Gasteiger partial charge in [0.15, 0.2) is 0 Å². The molecule has 0 aromatic heterocycles. The van der Waals surface area contributed by atoms with Gasteiger partial charge in [0.05, 0.1) is 10.1 Å². The fraction of sp³-hybridized carbons (Fsp3) is 0.500. The number of hydrogen-bond donors (Lipinski definition) is 0. The topological polar surface area (TPSA) is 20.3 Å². The van der Waals surface area contributed by atoms with Gasteiger partial charge in [-0.25, -0.2) is 0 Å². The maximum Gasteiger partial charge on any atom is 0.135 e. The molecule has 98 valence electrons. The van der Waals surface area contributed by atoms with Crippen molar-refractivity contribution in [1.29, 1.82) is 0 Å². The number of hydrogen-bond acceptors (Lipinski definition) is 2. The van der Waals surface area contributed by atoms with E-state index in [2.05, 4.69) is 17.9 Å². The highest BCUT2D eigenvalue weighted by molar-refractivity contribution is 6.44. The van der Waals surface area contributed by atoms with Gasteiger partial charge >= 0.3 is 0 Å². The second kappa shape index (κ2) is 6.05. The quantitative estimate of drug-likeness (QED) is 0.772. The molecule has 1 heterocycles. The number of piperidine rings is 1. The third-order valence-electron chi connectivity index (χ3n) is 3.56. The Morgan fingerprint density at radius 1 is 1.17 bits per heavy atom. The van der Waals surface area contributed by atoms with Crippen molar-refractivity contribution in [1.82, 2.24) is 4.90 Å². The van der Waals surface area contributed by atoms with Gasteiger partial charge in [-0.05, 0) is 25.0 Å². The summed E-state index contributed by atoms with van der Waals surface area (Å²) in [6.07, 6.45) is 8.13. The predicted octanol–water partition coefficient (Wildman–Crippen LogP) is 3.62. The molecule has 1 aliphatic heterocycles. The van der Waals surface area contributed by atoms with Crippen LogP contribution in [0, 0.1) is 0 Å².